The SMILES string of the molecule is CCOC(=O)C(N)C(=O)N[C@@H](C)c1ccccc1Br. The molecule has 5 nitrogen and oxygen atoms in total. The molecule has 0 radical (unpaired) electrons. The van der Waals surface area contributed by atoms with E-state index < -0.39 is 17.9 Å². The standard InChI is InChI=1S/C13H17BrN2O3/c1-3-19-13(18)11(15)12(17)16-8(2)9-6-4-5-7-10(9)14/h4-8,11H,3,15H2,1-2H3,(H,16,17)/t8-,11?/m0/s1. The monoisotopic (exact) mass is 328 g/mol. The van der Waals surface area contributed by atoms with Gasteiger partial charge >= 0.3 is 5.97 Å². The van der Waals surface area contributed by atoms with Crippen molar-refractivity contribution in [3.8, 4) is 0 Å². The Labute approximate surface area is 120 Å². The van der Waals surface area contributed by atoms with Crippen LogP contribution >= 0.6 is 15.9 Å². The van der Waals surface area contributed by atoms with Crippen LogP contribution in [0.5, 0.6) is 0 Å². The Bertz CT molecular complexity index is 465. The Kier molecular flexibility index (Phi) is 5.98. The quantitative estimate of drug-likeness (QED) is 0.634. The van der Waals surface area contributed by atoms with Gasteiger partial charge in [-0.1, -0.05) is 34.1 Å². The van der Waals surface area contributed by atoms with Gasteiger partial charge in [0.25, 0.3) is 0 Å². The molecule has 0 aliphatic carbocycles. The van der Waals surface area contributed by atoms with E-state index in [0.29, 0.717) is 0 Å². The molecule has 0 bridgehead atoms. The van der Waals surface area contributed by atoms with Crippen molar-refractivity contribution in [2.24, 2.45) is 5.73 Å². The smallest absolute Gasteiger partial charge is 0.332 e. The second kappa shape index (κ2) is 7.25. The number of halogens is 1. The minimum Gasteiger partial charge on any atom is -0.464 e. The summed E-state index contributed by atoms with van der Waals surface area (Å²) in [5.74, 6) is -1.28. The molecule has 104 valence electrons. The Morgan fingerprint density at radius 2 is 2.05 bits per heavy atom. The molecule has 0 saturated carbocycles. The van der Waals surface area contributed by atoms with Crippen molar-refractivity contribution in [1.82, 2.24) is 5.32 Å². The van der Waals surface area contributed by atoms with Crippen LogP contribution in [-0.2, 0) is 14.3 Å². The highest BCUT2D eigenvalue weighted by Gasteiger charge is 2.25. The van der Waals surface area contributed by atoms with Crippen molar-refractivity contribution >= 4 is 27.8 Å². The van der Waals surface area contributed by atoms with E-state index in [1.54, 1.807) is 6.92 Å². The predicted molar refractivity (Wildman–Crippen MR) is 75.3 cm³/mol. The van der Waals surface area contributed by atoms with Crippen LogP contribution in [0.3, 0.4) is 0 Å². The Morgan fingerprint density at radius 3 is 2.63 bits per heavy atom. The third-order valence-electron chi connectivity index (χ3n) is 2.55. The fourth-order valence-corrected chi connectivity index (χ4v) is 2.17. The van der Waals surface area contributed by atoms with Crippen molar-refractivity contribution < 1.29 is 14.3 Å². The van der Waals surface area contributed by atoms with Crippen LogP contribution < -0.4 is 11.1 Å². The normalized spacial score (nSPS) is 13.5. The zero-order chi connectivity index (χ0) is 14.4. The number of hydrogen-bond acceptors (Lipinski definition) is 4. The van der Waals surface area contributed by atoms with E-state index in [1.807, 2.05) is 31.2 Å². The van der Waals surface area contributed by atoms with E-state index in [9.17, 15) is 9.59 Å². The number of nitrogens with two attached hydrogens (primary N) is 1. The van der Waals surface area contributed by atoms with Gasteiger partial charge in [-0.05, 0) is 25.5 Å². The topological polar surface area (TPSA) is 81.4 Å². The van der Waals surface area contributed by atoms with Gasteiger partial charge in [-0.25, -0.2) is 4.79 Å². The second-order valence-electron chi connectivity index (χ2n) is 3.98. The zero-order valence-electron chi connectivity index (χ0n) is 10.9. The lowest BCUT2D eigenvalue weighted by Crippen LogP contribution is -2.47. The first kappa shape index (κ1) is 15.7. The van der Waals surface area contributed by atoms with Crippen molar-refractivity contribution in [2.45, 2.75) is 25.9 Å². The van der Waals surface area contributed by atoms with Crippen molar-refractivity contribution in [3.63, 3.8) is 0 Å². The number of amides is 1. The first-order valence-corrected chi connectivity index (χ1v) is 6.73. The fraction of sp³-hybridized carbons (Fsp3) is 0.385. The number of nitrogens with one attached hydrogen (secondary N) is 1. The van der Waals surface area contributed by atoms with Crippen LogP contribution in [0.4, 0.5) is 0 Å². The van der Waals surface area contributed by atoms with E-state index in [4.69, 9.17) is 10.5 Å². The molecular formula is C13H17BrN2O3. The second-order valence-corrected chi connectivity index (χ2v) is 4.84. The first-order chi connectivity index (χ1) is 8.97. The Hall–Kier alpha value is -1.40. The zero-order valence-corrected chi connectivity index (χ0v) is 12.4. The van der Waals surface area contributed by atoms with E-state index in [0.717, 1.165) is 10.0 Å². The maximum Gasteiger partial charge on any atom is 0.332 e. The van der Waals surface area contributed by atoms with E-state index >= 15 is 0 Å². The molecule has 1 aromatic carbocycles. The van der Waals surface area contributed by atoms with Gasteiger partial charge in [-0.3, -0.25) is 4.79 Å². The van der Waals surface area contributed by atoms with Crippen LogP contribution in [0, 0.1) is 0 Å². The Balaban J connectivity index is 2.67. The molecule has 1 amide bonds. The Morgan fingerprint density at radius 1 is 1.42 bits per heavy atom. The van der Waals surface area contributed by atoms with E-state index in [-0.39, 0.29) is 12.6 Å². The molecule has 0 spiro atoms. The summed E-state index contributed by atoms with van der Waals surface area (Å²) in [6.07, 6.45) is 0. The van der Waals surface area contributed by atoms with Gasteiger partial charge < -0.3 is 15.8 Å². The van der Waals surface area contributed by atoms with E-state index in [2.05, 4.69) is 21.2 Å². The molecule has 0 heterocycles. The number of benzene rings is 1. The van der Waals surface area contributed by atoms with Crippen LogP contribution in [0.1, 0.15) is 25.5 Å². The lowest BCUT2D eigenvalue weighted by molar-refractivity contribution is -0.148. The van der Waals surface area contributed by atoms with Gasteiger partial charge in [0.2, 0.25) is 5.91 Å². The molecule has 1 rings (SSSR count). The summed E-state index contributed by atoms with van der Waals surface area (Å²) in [4.78, 5) is 23.2. The van der Waals surface area contributed by atoms with E-state index in [1.165, 1.54) is 0 Å². The maximum absolute atomic E-state index is 11.8. The summed E-state index contributed by atoms with van der Waals surface area (Å²) in [6.45, 7) is 3.67. The highest BCUT2D eigenvalue weighted by Crippen LogP contribution is 2.22. The third kappa shape index (κ3) is 4.33. The van der Waals surface area contributed by atoms with Gasteiger partial charge in [-0.15, -0.1) is 0 Å². The van der Waals surface area contributed by atoms with Gasteiger partial charge in [0.05, 0.1) is 12.6 Å². The lowest BCUT2D eigenvalue weighted by atomic mass is 10.1. The highest BCUT2D eigenvalue weighted by molar-refractivity contribution is 9.10. The lowest BCUT2D eigenvalue weighted by Gasteiger charge is -2.18. The van der Waals surface area contributed by atoms with Gasteiger partial charge in [-0.2, -0.15) is 0 Å². The van der Waals surface area contributed by atoms with Gasteiger partial charge in [0, 0.05) is 4.47 Å². The number of ether oxygens (including phenoxy) is 1. The van der Waals surface area contributed by atoms with Crippen LogP contribution in [0.2, 0.25) is 0 Å². The minimum absolute atomic E-state index is 0.194. The largest absolute Gasteiger partial charge is 0.464 e. The minimum atomic E-state index is -1.30. The number of carbonyl (C=O) groups is 2. The summed E-state index contributed by atoms with van der Waals surface area (Å²) >= 11 is 3.40. The first-order valence-electron chi connectivity index (χ1n) is 5.94. The number of esters is 1. The van der Waals surface area contributed by atoms with Crippen molar-refractivity contribution in [3.05, 3.63) is 34.3 Å². The van der Waals surface area contributed by atoms with Crippen molar-refractivity contribution in [2.75, 3.05) is 6.61 Å². The number of hydrogen-bond donors (Lipinski definition) is 2. The molecule has 0 fully saturated rings. The molecule has 1 unspecified atom stereocenters. The average Bonchev–Trinajstić information content (AvgIpc) is 2.38. The summed E-state index contributed by atoms with van der Waals surface area (Å²) in [5, 5.41) is 2.68. The molecule has 1 aromatic rings. The van der Waals surface area contributed by atoms with Crippen LogP contribution in [0.25, 0.3) is 0 Å². The maximum atomic E-state index is 11.8. The predicted octanol–water partition coefficient (Wildman–Crippen LogP) is 1.52. The molecule has 6 heteroatoms. The summed E-state index contributed by atoms with van der Waals surface area (Å²) in [7, 11) is 0. The van der Waals surface area contributed by atoms with Crippen molar-refractivity contribution in [1.29, 1.82) is 0 Å². The summed E-state index contributed by atoms with van der Waals surface area (Å²) < 4.78 is 5.58. The molecular weight excluding hydrogens is 312 g/mol. The molecule has 0 saturated heterocycles. The number of carbonyl (C=O) groups excluding carboxylic acids is 2. The van der Waals surface area contributed by atoms with Crippen LogP contribution in [-0.4, -0.2) is 24.5 Å². The van der Waals surface area contributed by atoms with Gasteiger partial charge in [0.15, 0.2) is 6.04 Å². The average molecular weight is 329 g/mol. The highest BCUT2D eigenvalue weighted by atomic mass is 79.9. The summed E-state index contributed by atoms with van der Waals surface area (Å²) in [5.41, 5.74) is 6.42. The molecule has 0 aromatic heterocycles. The summed E-state index contributed by atoms with van der Waals surface area (Å²) in [6, 6.07) is 5.95. The third-order valence-corrected chi connectivity index (χ3v) is 3.28. The molecule has 3 N–H and O–H groups in total. The molecule has 0 aliphatic heterocycles. The number of rotatable bonds is 5. The molecule has 2 atom stereocenters. The fourth-order valence-electron chi connectivity index (χ4n) is 1.55. The van der Waals surface area contributed by atoms with Gasteiger partial charge in [0.1, 0.15) is 0 Å². The van der Waals surface area contributed by atoms with Crippen LogP contribution in [0.15, 0.2) is 28.7 Å². The molecule has 19 heavy (non-hydrogen) atoms. The molecule has 0 aliphatic rings.